The molecule has 1 saturated heterocycles. The van der Waals surface area contributed by atoms with Gasteiger partial charge in [-0.2, -0.15) is 5.10 Å². The summed E-state index contributed by atoms with van der Waals surface area (Å²) in [6, 6.07) is 16.4. The van der Waals surface area contributed by atoms with E-state index in [1.165, 1.54) is 6.21 Å². The molecule has 2 aromatic carbocycles. The summed E-state index contributed by atoms with van der Waals surface area (Å²) in [5.41, 5.74) is 3.81. The van der Waals surface area contributed by atoms with Crippen LogP contribution in [0.3, 0.4) is 0 Å². The Kier molecular flexibility index (Phi) is 8.76. The molecule has 1 heterocycles. The van der Waals surface area contributed by atoms with E-state index in [0.717, 1.165) is 18.4 Å². The van der Waals surface area contributed by atoms with Crippen molar-refractivity contribution >= 4 is 23.9 Å². The van der Waals surface area contributed by atoms with Crippen LogP contribution in [0.5, 0.6) is 5.75 Å². The molecule has 1 aliphatic rings. The molecule has 168 valence electrons. The van der Waals surface area contributed by atoms with Crippen molar-refractivity contribution < 1.29 is 23.9 Å². The Morgan fingerprint density at radius 3 is 2.69 bits per heavy atom. The quantitative estimate of drug-likeness (QED) is 0.308. The smallest absolute Gasteiger partial charge is 0.329 e. The summed E-state index contributed by atoms with van der Waals surface area (Å²) in [7, 11) is 0. The average molecular weight is 438 g/mol. The van der Waals surface area contributed by atoms with Crippen LogP contribution >= 0.6 is 0 Å². The molecule has 0 bridgehead atoms. The molecule has 32 heavy (non-hydrogen) atoms. The first-order valence-electron chi connectivity index (χ1n) is 10.4. The number of rotatable bonds is 9. The van der Waals surface area contributed by atoms with Gasteiger partial charge in [-0.3, -0.25) is 14.4 Å². The van der Waals surface area contributed by atoms with E-state index in [4.69, 9.17) is 9.47 Å². The molecule has 1 fully saturated rings. The van der Waals surface area contributed by atoms with Crippen LogP contribution in [-0.4, -0.2) is 49.8 Å². The normalized spacial score (nSPS) is 15.3. The van der Waals surface area contributed by atoms with Crippen LogP contribution in [0.2, 0.25) is 0 Å². The van der Waals surface area contributed by atoms with Gasteiger partial charge in [0.05, 0.1) is 12.3 Å². The van der Waals surface area contributed by atoms with Crippen molar-refractivity contribution in [3.8, 4) is 5.75 Å². The van der Waals surface area contributed by atoms with Crippen LogP contribution < -0.4 is 20.8 Å². The number of nitrogens with one attached hydrogen (secondary N) is 3. The molecule has 0 unspecified atom stereocenters. The zero-order valence-corrected chi connectivity index (χ0v) is 17.6. The van der Waals surface area contributed by atoms with Gasteiger partial charge in [0, 0.05) is 19.7 Å². The maximum absolute atomic E-state index is 12.0. The zero-order valence-electron chi connectivity index (χ0n) is 17.6. The van der Waals surface area contributed by atoms with Crippen molar-refractivity contribution in [2.75, 3.05) is 19.8 Å². The second kappa shape index (κ2) is 12.2. The van der Waals surface area contributed by atoms with Crippen LogP contribution in [-0.2, 0) is 25.7 Å². The molecule has 0 aliphatic carbocycles. The van der Waals surface area contributed by atoms with E-state index in [1.54, 1.807) is 24.3 Å². The topological polar surface area (TPSA) is 118 Å². The van der Waals surface area contributed by atoms with Gasteiger partial charge in [0.25, 0.3) is 5.91 Å². The summed E-state index contributed by atoms with van der Waals surface area (Å²) in [5, 5.41) is 9.10. The van der Waals surface area contributed by atoms with Gasteiger partial charge < -0.3 is 20.1 Å². The number of nitrogens with zero attached hydrogens (tertiary/aromatic N) is 1. The lowest BCUT2D eigenvalue weighted by Gasteiger charge is -2.09. The van der Waals surface area contributed by atoms with E-state index in [-0.39, 0.29) is 18.6 Å². The van der Waals surface area contributed by atoms with Gasteiger partial charge in [-0.15, -0.1) is 0 Å². The Labute approximate surface area is 186 Å². The maximum Gasteiger partial charge on any atom is 0.329 e. The van der Waals surface area contributed by atoms with Gasteiger partial charge in [-0.05, 0) is 36.1 Å². The highest BCUT2D eigenvalue weighted by molar-refractivity contribution is 6.35. The number of carbonyl (C=O) groups excluding carboxylic acids is 3. The molecular formula is C23H26N4O5. The van der Waals surface area contributed by atoms with Crippen LogP contribution in [0, 0.1) is 0 Å². The number of ether oxygens (including phenoxy) is 2. The van der Waals surface area contributed by atoms with E-state index in [9.17, 15) is 14.4 Å². The lowest BCUT2D eigenvalue weighted by molar-refractivity contribution is -0.139. The van der Waals surface area contributed by atoms with Crippen molar-refractivity contribution in [3.05, 3.63) is 65.7 Å². The summed E-state index contributed by atoms with van der Waals surface area (Å²) in [4.78, 5) is 35.5. The summed E-state index contributed by atoms with van der Waals surface area (Å²) < 4.78 is 10.9. The fourth-order valence-corrected chi connectivity index (χ4v) is 2.99. The first-order valence-corrected chi connectivity index (χ1v) is 10.4. The first kappa shape index (κ1) is 23.0. The SMILES string of the molecule is O=C(COc1cccc(/C=N\NC(=O)C(=O)NC[C@H]2CCCO2)c1)NCc1ccccc1. The maximum atomic E-state index is 12.0. The van der Waals surface area contributed by atoms with Crippen LogP contribution in [0.15, 0.2) is 59.7 Å². The second-order valence-electron chi connectivity index (χ2n) is 7.17. The third-order valence-corrected chi connectivity index (χ3v) is 4.66. The highest BCUT2D eigenvalue weighted by Crippen LogP contribution is 2.12. The molecule has 1 atom stereocenters. The number of carbonyl (C=O) groups is 3. The number of benzene rings is 2. The van der Waals surface area contributed by atoms with Crippen molar-refractivity contribution in [2.45, 2.75) is 25.5 Å². The van der Waals surface area contributed by atoms with Gasteiger partial charge in [-0.25, -0.2) is 5.43 Å². The Hall–Kier alpha value is -3.72. The second-order valence-corrected chi connectivity index (χ2v) is 7.17. The van der Waals surface area contributed by atoms with Crippen molar-refractivity contribution in [3.63, 3.8) is 0 Å². The molecule has 2 aromatic rings. The molecule has 3 rings (SSSR count). The van der Waals surface area contributed by atoms with Crippen molar-refractivity contribution in [2.24, 2.45) is 5.10 Å². The van der Waals surface area contributed by atoms with Crippen LogP contribution in [0.25, 0.3) is 0 Å². The highest BCUT2D eigenvalue weighted by atomic mass is 16.5. The minimum absolute atomic E-state index is 0.0431. The van der Waals surface area contributed by atoms with Gasteiger partial charge in [-0.1, -0.05) is 42.5 Å². The third kappa shape index (κ3) is 7.84. The largest absolute Gasteiger partial charge is 0.484 e. The van der Waals surface area contributed by atoms with E-state index < -0.39 is 11.8 Å². The number of hydrogen-bond acceptors (Lipinski definition) is 6. The standard InChI is InChI=1S/C23H26N4O5/c28-21(24-13-17-6-2-1-3-7-17)16-32-19-9-4-8-18(12-19)14-26-27-23(30)22(29)25-15-20-10-5-11-31-20/h1-4,6-9,12,14,20H,5,10-11,13,15-16H2,(H,24,28)(H,25,29)(H,27,30)/b26-14-/t20-/m1/s1. The summed E-state index contributed by atoms with van der Waals surface area (Å²) in [6.45, 7) is 1.28. The Morgan fingerprint density at radius 1 is 1.06 bits per heavy atom. The fourth-order valence-electron chi connectivity index (χ4n) is 2.99. The van der Waals surface area contributed by atoms with Crippen molar-refractivity contribution in [1.82, 2.24) is 16.1 Å². The number of amides is 3. The molecule has 9 nitrogen and oxygen atoms in total. The predicted molar refractivity (Wildman–Crippen MR) is 118 cm³/mol. The first-order chi connectivity index (χ1) is 15.6. The van der Waals surface area contributed by atoms with Crippen LogP contribution in [0.4, 0.5) is 0 Å². The Balaban J connectivity index is 1.38. The monoisotopic (exact) mass is 438 g/mol. The minimum atomic E-state index is -0.860. The molecule has 0 spiro atoms. The third-order valence-electron chi connectivity index (χ3n) is 4.66. The summed E-state index contributed by atoms with van der Waals surface area (Å²) in [5.74, 6) is -1.39. The zero-order chi connectivity index (χ0) is 22.6. The van der Waals surface area contributed by atoms with Gasteiger partial charge in [0.2, 0.25) is 0 Å². The highest BCUT2D eigenvalue weighted by Gasteiger charge is 2.18. The van der Waals surface area contributed by atoms with E-state index in [0.29, 0.717) is 31.0 Å². The molecule has 0 aromatic heterocycles. The van der Waals surface area contributed by atoms with Gasteiger partial charge >= 0.3 is 11.8 Å². The van der Waals surface area contributed by atoms with Crippen LogP contribution in [0.1, 0.15) is 24.0 Å². The lowest BCUT2D eigenvalue weighted by Crippen LogP contribution is -2.41. The van der Waals surface area contributed by atoms with E-state index >= 15 is 0 Å². The molecule has 1 aliphatic heterocycles. The minimum Gasteiger partial charge on any atom is -0.484 e. The number of hydrazone groups is 1. The van der Waals surface area contributed by atoms with Crippen molar-refractivity contribution in [1.29, 1.82) is 0 Å². The molecule has 0 saturated carbocycles. The number of hydrogen-bond donors (Lipinski definition) is 3. The van der Waals surface area contributed by atoms with Gasteiger partial charge in [0.15, 0.2) is 6.61 Å². The summed E-state index contributed by atoms with van der Waals surface area (Å²) >= 11 is 0. The Bertz CT molecular complexity index is 942. The molecule has 9 heteroatoms. The fraction of sp³-hybridized carbons (Fsp3) is 0.304. The average Bonchev–Trinajstić information content (AvgIpc) is 3.34. The molecule has 3 amide bonds. The van der Waals surface area contributed by atoms with E-state index in [1.807, 2.05) is 30.3 Å². The Morgan fingerprint density at radius 2 is 1.91 bits per heavy atom. The summed E-state index contributed by atoms with van der Waals surface area (Å²) in [6.07, 6.45) is 3.16. The lowest BCUT2D eigenvalue weighted by atomic mass is 10.2. The van der Waals surface area contributed by atoms with Gasteiger partial charge in [0.1, 0.15) is 5.75 Å². The molecule has 0 radical (unpaired) electrons. The predicted octanol–water partition coefficient (Wildman–Crippen LogP) is 1.13. The molecular weight excluding hydrogens is 412 g/mol. The van der Waals surface area contributed by atoms with E-state index in [2.05, 4.69) is 21.2 Å². The molecule has 3 N–H and O–H groups in total.